The second-order valence-corrected chi connectivity index (χ2v) is 4.88. The van der Waals surface area contributed by atoms with Crippen LogP contribution in [0.4, 0.5) is 5.82 Å². The highest BCUT2D eigenvalue weighted by molar-refractivity contribution is 6.16. The molecular formula is C15H14N4O2. The van der Waals surface area contributed by atoms with Crippen LogP contribution in [0.25, 0.3) is 5.69 Å². The van der Waals surface area contributed by atoms with Crippen LogP contribution >= 0.6 is 0 Å². The van der Waals surface area contributed by atoms with Gasteiger partial charge < -0.3 is 9.64 Å². The summed E-state index contributed by atoms with van der Waals surface area (Å²) < 4.78 is 7.04. The van der Waals surface area contributed by atoms with Crippen LogP contribution in [0.15, 0.2) is 35.6 Å². The van der Waals surface area contributed by atoms with Crippen molar-refractivity contribution in [2.45, 2.75) is 6.92 Å². The number of amidine groups is 1. The fourth-order valence-electron chi connectivity index (χ4n) is 2.88. The number of esters is 1. The van der Waals surface area contributed by atoms with E-state index in [1.165, 1.54) is 0 Å². The number of anilines is 1. The van der Waals surface area contributed by atoms with E-state index in [2.05, 4.69) is 9.98 Å². The summed E-state index contributed by atoms with van der Waals surface area (Å²) in [6, 6.07) is 8.01. The van der Waals surface area contributed by atoms with E-state index < -0.39 is 5.97 Å². The summed E-state index contributed by atoms with van der Waals surface area (Å²) in [5.41, 5.74) is 2.41. The number of imidazole rings is 1. The summed E-state index contributed by atoms with van der Waals surface area (Å²) in [6.07, 6.45) is 1.68. The number of ether oxygens (including phenoxy) is 1. The highest BCUT2D eigenvalue weighted by Gasteiger charge is 2.35. The molecule has 4 rings (SSSR count). The highest BCUT2D eigenvalue weighted by Crippen LogP contribution is 2.34. The predicted octanol–water partition coefficient (Wildman–Crippen LogP) is 1.63. The van der Waals surface area contributed by atoms with Crippen molar-refractivity contribution in [3.8, 4) is 5.69 Å². The molecule has 106 valence electrons. The van der Waals surface area contributed by atoms with Gasteiger partial charge in [-0.3, -0.25) is 9.56 Å². The summed E-state index contributed by atoms with van der Waals surface area (Å²) in [4.78, 5) is 23.0. The molecule has 0 N–H and O–H groups in total. The molecule has 0 saturated heterocycles. The van der Waals surface area contributed by atoms with Gasteiger partial charge in [0.1, 0.15) is 12.2 Å². The minimum absolute atomic E-state index is 0.336. The Kier molecular flexibility index (Phi) is 2.57. The summed E-state index contributed by atoms with van der Waals surface area (Å²) in [5.74, 6) is 1.27. The first-order chi connectivity index (χ1) is 10.3. The lowest BCUT2D eigenvalue weighted by molar-refractivity contribution is 0.0521. The van der Waals surface area contributed by atoms with Gasteiger partial charge in [-0.25, -0.2) is 9.78 Å². The smallest absolute Gasteiger partial charge is 0.360 e. The van der Waals surface area contributed by atoms with Crippen LogP contribution in [-0.2, 0) is 4.74 Å². The monoisotopic (exact) mass is 282 g/mol. The fraction of sp³-hybridized carbons (Fsp3) is 0.267. The number of nitrogens with zero attached hydrogens (tertiary/aromatic N) is 4. The van der Waals surface area contributed by atoms with Crippen molar-refractivity contribution in [3.63, 3.8) is 0 Å². The molecule has 2 aliphatic rings. The molecule has 2 aliphatic heterocycles. The van der Waals surface area contributed by atoms with E-state index in [-0.39, 0.29) is 0 Å². The molecular weight excluding hydrogens is 268 g/mol. The minimum atomic E-state index is -0.392. The van der Waals surface area contributed by atoms with Gasteiger partial charge in [0.25, 0.3) is 0 Å². The minimum Gasteiger partial charge on any atom is -0.461 e. The van der Waals surface area contributed by atoms with Gasteiger partial charge in [-0.15, -0.1) is 0 Å². The Hall–Kier alpha value is -2.63. The van der Waals surface area contributed by atoms with Crippen molar-refractivity contribution >= 4 is 17.6 Å². The third-order valence-electron chi connectivity index (χ3n) is 3.71. The van der Waals surface area contributed by atoms with Gasteiger partial charge in [-0.2, -0.15) is 0 Å². The van der Waals surface area contributed by atoms with Crippen LogP contribution in [0.1, 0.15) is 23.0 Å². The van der Waals surface area contributed by atoms with E-state index in [9.17, 15) is 4.79 Å². The molecule has 0 bridgehead atoms. The molecule has 0 fully saturated rings. The summed E-state index contributed by atoms with van der Waals surface area (Å²) in [6.45, 7) is 3.60. The van der Waals surface area contributed by atoms with Crippen molar-refractivity contribution in [1.82, 2.24) is 9.55 Å². The third-order valence-corrected chi connectivity index (χ3v) is 3.71. The Morgan fingerprint density at radius 1 is 1.38 bits per heavy atom. The molecule has 0 atom stereocenters. The Labute approximate surface area is 121 Å². The molecule has 0 saturated carbocycles. The number of fused-ring (bicyclic) bond motifs is 6. The molecule has 0 radical (unpaired) electrons. The van der Waals surface area contributed by atoms with Gasteiger partial charge >= 0.3 is 5.97 Å². The van der Waals surface area contributed by atoms with Crippen LogP contribution in [0, 0.1) is 0 Å². The van der Waals surface area contributed by atoms with Crippen molar-refractivity contribution in [2.24, 2.45) is 4.99 Å². The zero-order chi connectivity index (χ0) is 14.4. The molecule has 1 aromatic carbocycles. The zero-order valence-corrected chi connectivity index (χ0v) is 11.6. The van der Waals surface area contributed by atoms with E-state index in [1.54, 1.807) is 13.3 Å². The van der Waals surface area contributed by atoms with Crippen LogP contribution in [0.2, 0.25) is 0 Å². The van der Waals surface area contributed by atoms with E-state index in [1.807, 2.05) is 33.7 Å². The third kappa shape index (κ3) is 1.62. The number of para-hydroxylation sites is 1. The van der Waals surface area contributed by atoms with Crippen LogP contribution in [-0.4, -0.2) is 41.1 Å². The van der Waals surface area contributed by atoms with Gasteiger partial charge in [-0.1, -0.05) is 12.1 Å². The van der Waals surface area contributed by atoms with Crippen molar-refractivity contribution in [3.05, 3.63) is 41.9 Å². The SMILES string of the molecule is CCOC(=O)c1ncn2c1N1CCN=C1c1ccccc1-2. The molecule has 0 aliphatic carbocycles. The lowest BCUT2D eigenvalue weighted by Gasteiger charge is -2.29. The molecule has 3 heterocycles. The Balaban J connectivity index is 1.94. The van der Waals surface area contributed by atoms with Crippen molar-refractivity contribution in [2.75, 3.05) is 24.6 Å². The maximum Gasteiger partial charge on any atom is 0.360 e. The van der Waals surface area contributed by atoms with Gasteiger partial charge in [0.05, 0.1) is 18.8 Å². The topological polar surface area (TPSA) is 59.7 Å². The number of hydrogen-bond acceptors (Lipinski definition) is 5. The molecule has 2 aromatic rings. The average Bonchev–Trinajstić information content (AvgIpc) is 3.14. The largest absolute Gasteiger partial charge is 0.461 e. The Bertz CT molecular complexity index is 763. The first kappa shape index (κ1) is 12.1. The molecule has 0 amide bonds. The van der Waals surface area contributed by atoms with Gasteiger partial charge in [0.15, 0.2) is 11.5 Å². The first-order valence-electron chi connectivity index (χ1n) is 6.97. The number of aliphatic imine (C=N–C) groups is 1. The highest BCUT2D eigenvalue weighted by atomic mass is 16.5. The number of benzene rings is 1. The normalized spacial score (nSPS) is 15.1. The lowest BCUT2D eigenvalue weighted by atomic mass is 10.1. The van der Waals surface area contributed by atoms with E-state index >= 15 is 0 Å². The number of rotatable bonds is 2. The van der Waals surface area contributed by atoms with E-state index in [4.69, 9.17) is 4.74 Å². The van der Waals surface area contributed by atoms with Crippen molar-refractivity contribution in [1.29, 1.82) is 0 Å². The summed E-state index contributed by atoms with van der Waals surface area (Å²) >= 11 is 0. The molecule has 21 heavy (non-hydrogen) atoms. The molecule has 0 unspecified atom stereocenters. The summed E-state index contributed by atoms with van der Waals surface area (Å²) in [7, 11) is 0. The standard InChI is InChI=1S/C15H14N4O2/c1-2-21-15(20)12-14-18-8-7-16-13(18)10-5-3-4-6-11(10)19(14)9-17-12/h3-6,9H,2,7-8H2,1H3. The number of hydrogen-bond donors (Lipinski definition) is 0. The zero-order valence-electron chi connectivity index (χ0n) is 11.6. The van der Waals surface area contributed by atoms with Gasteiger partial charge in [-0.05, 0) is 19.1 Å². The Morgan fingerprint density at radius 3 is 3.10 bits per heavy atom. The second kappa shape index (κ2) is 4.44. The Morgan fingerprint density at radius 2 is 2.24 bits per heavy atom. The number of carbonyl (C=O) groups excluding carboxylic acids is 1. The molecule has 1 aromatic heterocycles. The second-order valence-electron chi connectivity index (χ2n) is 4.88. The quantitative estimate of drug-likeness (QED) is 0.785. The van der Waals surface area contributed by atoms with Gasteiger partial charge in [0, 0.05) is 12.1 Å². The van der Waals surface area contributed by atoms with Crippen LogP contribution in [0.3, 0.4) is 0 Å². The molecule has 6 heteroatoms. The summed E-state index contributed by atoms with van der Waals surface area (Å²) in [5, 5.41) is 0. The fourth-order valence-corrected chi connectivity index (χ4v) is 2.88. The van der Waals surface area contributed by atoms with Crippen LogP contribution < -0.4 is 4.90 Å². The van der Waals surface area contributed by atoms with Gasteiger partial charge in [0.2, 0.25) is 0 Å². The molecule has 6 nitrogen and oxygen atoms in total. The van der Waals surface area contributed by atoms with Crippen LogP contribution in [0.5, 0.6) is 0 Å². The maximum absolute atomic E-state index is 12.1. The van der Waals surface area contributed by atoms with E-state index in [0.717, 1.165) is 36.0 Å². The molecule has 0 spiro atoms. The van der Waals surface area contributed by atoms with E-state index in [0.29, 0.717) is 12.3 Å². The number of carbonyl (C=O) groups is 1. The van der Waals surface area contributed by atoms with Crippen molar-refractivity contribution < 1.29 is 9.53 Å². The lowest BCUT2D eigenvalue weighted by Crippen LogP contribution is -2.35. The average molecular weight is 282 g/mol. The number of aromatic nitrogens is 2. The maximum atomic E-state index is 12.1. The first-order valence-corrected chi connectivity index (χ1v) is 6.97. The predicted molar refractivity (Wildman–Crippen MR) is 78.3 cm³/mol.